The number of halogens is 1. The number of benzene rings is 3. The van der Waals surface area contributed by atoms with E-state index in [0.29, 0.717) is 47.2 Å². The minimum Gasteiger partial charge on any atom is -0.372 e. The highest BCUT2D eigenvalue weighted by Crippen LogP contribution is 2.33. The van der Waals surface area contributed by atoms with E-state index in [9.17, 15) is 14.4 Å². The van der Waals surface area contributed by atoms with Gasteiger partial charge in [0, 0.05) is 103 Å². The van der Waals surface area contributed by atoms with E-state index >= 15 is 4.39 Å². The maximum atomic E-state index is 15.6. The lowest BCUT2D eigenvalue weighted by Crippen LogP contribution is -2.49. The van der Waals surface area contributed by atoms with Gasteiger partial charge in [-0.15, -0.1) is 0 Å². The second kappa shape index (κ2) is 17.2. The van der Waals surface area contributed by atoms with Crippen molar-refractivity contribution in [1.82, 2.24) is 40.6 Å². The number of urea groups is 1. The van der Waals surface area contributed by atoms with Crippen LogP contribution in [0.25, 0.3) is 33.5 Å². The van der Waals surface area contributed by atoms with Crippen molar-refractivity contribution in [2.24, 2.45) is 5.92 Å². The van der Waals surface area contributed by atoms with Gasteiger partial charge in [0.15, 0.2) is 0 Å². The highest BCUT2D eigenvalue weighted by atomic mass is 19.1. The Hall–Kier alpha value is -6.68. The number of H-pyrrole nitrogens is 1. The molecule has 16 heteroatoms. The summed E-state index contributed by atoms with van der Waals surface area (Å²) in [5.41, 5.74) is 6.83. The lowest BCUT2D eigenvalue weighted by Gasteiger charge is -2.40. The highest BCUT2D eigenvalue weighted by molar-refractivity contribution is 6.05. The van der Waals surface area contributed by atoms with E-state index in [1.807, 2.05) is 39.0 Å². The van der Waals surface area contributed by atoms with E-state index in [1.165, 1.54) is 23.8 Å². The van der Waals surface area contributed by atoms with Crippen LogP contribution >= 0.6 is 0 Å². The lowest BCUT2D eigenvalue weighted by molar-refractivity contribution is -0.120. The van der Waals surface area contributed by atoms with E-state index < -0.39 is 23.2 Å². The number of hydrogen-bond acceptors (Lipinski definition) is 11. The van der Waals surface area contributed by atoms with Gasteiger partial charge in [0.05, 0.1) is 11.7 Å². The van der Waals surface area contributed by atoms with Crippen molar-refractivity contribution in [1.29, 1.82) is 0 Å². The molecular weight excluding hydrogens is 802 g/mol. The van der Waals surface area contributed by atoms with E-state index in [-0.39, 0.29) is 17.8 Å². The Morgan fingerprint density at radius 3 is 2.19 bits per heavy atom. The fourth-order valence-electron chi connectivity index (χ4n) is 8.74. The average Bonchev–Trinajstić information content (AvgIpc) is 3.97. The van der Waals surface area contributed by atoms with Crippen LogP contribution in [0.1, 0.15) is 75.1 Å². The Labute approximate surface area is 365 Å². The first-order valence-electron chi connectivity index (χ1n) is 21.7. The Balaban J connectivity index is 0.768. The Bertz CT molecular complexity index is 2620. The summed E-state index contributed by atoms with van der Waals surface area (Å²) in [6, 6.07) is 22.6. The normalized spacial score (nSPS) is 17.3. The maximum Gasteiger partial charge on any atom is 0.328 e. The predicted octanol–water partition coefficient (Wildman–Crippen LogP) is 7.09. The fourth-order valence-corrected chi connectivity index (χ4v) is 8.74. The summed E-state index contributed by atoms with van der Waals surface area (Å²) in [5.74, 6) is -0.339. The molecule has 0 saturated carbocycles. The van der Waals surface area contributed by atoms with Gasteiger partial charge in [-0.25, -0.2) is 19.2 Å². The molecule has 63 heavy (non-hydrogen) atoms. The maximum absolute atomic E-state index is 15.6. The second-order valence-corrected chi connectivity index (χ2v) is 17.8. The third kappa shape index (κ3) is 8.98. The number of fused-ring (bicyclic) bond motifs is 1. The van der Waals surface area contributed by atoms with Crippen LogP contribution in [0, 0.1) is 11.7 Å². The number of carbonyl (C=O) groups is 3. The van der Waals surface area contributed by atoms with Crippen LogP contribution in [0.3, 0.4) is 0 Å². The number of aromatic nitrogens is 5. The topological polar surface area (TPSA) is 169 Å². The molecule has 0 aliphatic carbocycles. The van der Waals surface area contributed by atoms with Crippen LogP contribution in [0.5, 0.6) is 0 Å². The van der Waals surface area contributed by atoms with Crippen molar-refractivity contribution in [3.63, 3.8) is 0 Å². The molecular formula is C47H52FN11O4. The van der Waals surface area contributed by atoms with Gasteiger partial charge in [0.2, 0.25) is 11.8 Å². The average molecular weight is 854 g/mol. The van der Waals surface area contributed by atoms with Crippen molar-refractivity contribution >= 4 is 45.9 Å². The lowest BCUT2D eigenvalue weighted by atomic mass is 9.95. The number of anilines is 3. The van der Waals surface area contributed by atoms with Crippen LogP contribution in [-0.2, 0) is 10.2 Å². The first-order chi connectivity index (χ1) is 30.4. The van der Waals surface area contributed by atoms with Crippen LogP contribution < -0.4 is 25.3 Å². The third-order valence-electron chi connectivity index (χ3n) is 12.4. The van der Waals surface area contributed by atoms with E-state index in [1.54, 1.807) is 24.0 Å². The minimum absolute atomic E-state index is 0.0984. The molecule has 4 amide bonds. The molecule has 0 bridgehead atoms. The molecule has 15 nitrogen and oxygen atoms in total. The number of amides is 4. The molecule has 3 aliphatic rings. The zero-order valence-electron chi connectivity index (χ0n) is 36.0. The summed E-state index contributed by atoms with van der Waals surface area (Å²) < 4.78 is 20.9. The van der Waals surface area contributed by atoms with Crippen molar-refractivity contribution in [3.8, 4) is 22.5 Å². The number of rotatable bonds is 10. The van der Waals surface area contributed by atoms with Gasteiger partial charge in [0.25, 0.3) is 11.7 Å². The number of carbonyl (C=O) groups excluding carboxylic acids is 3. The van der Waals surface area contributed by atoms with E-state index in [0.717, 1.165) is 81.0 Å². The summed E-state index contributed by atoms with van der Waals surface area (Å²) in [7, 11) is 0. The third-order valence-corrected chi connectivity index (χ3v) is 12.4. The van der Waals surface area contributed by atoms with Crippen LogP contribution in [-0.4, -0.2) is 100 Å². The monoisotopic (exact) mass is 853 g/mol. The van der Waals surface area contributed by atoms with Crippen LogP contribution in [0.15, 0.2) is 83.6 Å². The molecule has 3 fully saturated rings. The van der Waals surface area contributed by atoms with Crippen LogP contribution in [0.2, 0.25) is 0 Å². The number of nitrogens with one attached hydrogen (secondary N) is 3. The fraction of sp³-hybridized carbons (Fsp3) is 0.383. The SMILES string of the molecule is C[C@@H](NC(=O)c1noc(C(C)(C)C)n1)c1ccc(-c2ncnc3[nH]c(-c4ccc(N5CCN(CC6CCN(c7ccc(N8CCC(=O)NC8=O)cc7)CC6)CC5)cc4)cc23)cc1F. The van der Waals surface area contributed by atoms with Gasteiger partial charge in [-0.1, -0.05) is 50.2 Å². The van der Waals surface area contributed by atoms with Crippen molar-refractivity contribution in [2.45, 2.75) is 58.4 Å². The second-order valence-electron chi connectivity index (χ2n) is 17.8. The quantitative estimate of drug-likeness (QED) is 0.129. The zero-order valence-corrected chi connectivity index (χ0v) is 36.0. The standard InChI is InChI=1S/C47H52FN11O4/c1-29(51-44(61)43-54-45(63-55-43)47(2,3)4)36-14-7-32(25-38(36)48)41-37-26-39(52-42(37)50-28-49-41)31-5-8-33(9-6-31)58-23-21-56(22-24-58)27-30-15-18-57(19-16-30)34-10-12-35(13-11-34)59-20-17-40(60)53-46(59)62/h5-14,25-26,28-30H,15-24,27H2,1-4H3,(H,51,61)(H,49,50,52)(H,53,60,62)/t29-/m1/s1. The molecule has 9 rings (SSSR count). The Morgan fingerprint density at radius 1 is 0.857 bits per heavy atom. The van der Waals surface area contributed by atoms with E-state index in [4.69, 9.17) is 4.52 Å². The molecule has 3 N–H and O–H groups in total. The first-order valence-corrected chi connectivity index (χ1v) is 21.7. The molecule has 1 atom stereocenters. The van der Waals surface area contributed by atoms with Crippen molar-refractivity contribution < 1.29 is 23.3 Å². The van der Waals surface area contributed by atoms with Crippen molar-refractivity contribution in [3.05, 3.63) is 102 Å². The number of piperidine rings is 1. The number of piperazine rings is 1. The molecule has 0 unspecified atom stereocenters. The largest absolute Gasteiger partial charge is 0.372 e. The molecule has 3 aliphatic heterocycles. The molecule has 0 spiro atoms. The summed E-state index contributed by atoms with van der Waals surface area (Å²) in [6.45, 7) is 15.0. The molecule has 3 aromatic heterocycles. The molecule has 326 valence electrons. The molecule has 3 aromatic carbocycles. The van der Waals surface area contributed by atoms with Gasteiger partial charge in [-0.2, -0.15) is 4.98 Å². The van der Waals surface area contributed by atoms with Gasteiger partial charge in [-0.05, 0) is 79.8 Å². The highest BCUT2D eigenvalue weighted by Gasteiger charge is 2.28. The predicted molar refractivity (Wildman–Crippen MR) is 239 cm³/mol. The summed E-state index contributed by atoms with van der Waals surface area (Å²) in [5, 5.41) is 9.74. The summed E-state index contributed by atoms with van der Waals surface area (Å²) in [6.07, 6.45) is 4.08. The zero-order chi connectivity index (χ0) is 43.8. The van der Waals surface area contributed by atoms with Crippen LogP contribution in [0.4, 0.5) is 26.2 Å². The first kappa shape index (κ1) is 41.7. The van der Waals surface area contributed by atoms with Crippen molar-refractivity contribution in [2.75, 3.05) is 67.1 Å². The molecule has 3 saturated heterocycles. The van der Waals surface area contributed by atoms with Gasteiger partial charge in [-0.3, -0.25) is 24.7 Å². The summed E-state index contributed by atoms with van der Waals surface area (Å²) >= 11 is 0. The van der Waals surface area contributed by atoms with E-state index in [2.05, 4.69) is 86.8 Å². The Morgan fingerprint density at radius 2 is 1.52 bits per heavy atom. The molecule has 6 heterocycles. The molecule has 0 radical (unpaired) electrons. The number of aromatic amines is 1. The summed E-state index contributed by atoms with van der Waals surface area (Å²) in [4.78, 5) is 62.4. The Kier molecular flexibility index (Phi) is 11.4. The smallest absolute Gasteiger partial charge is 0.328 e. The number of nitrogens with zero attached hydrogens (tertiary/aromatic N) is 8. The number of imide groups is 1. The van der Waals surface area contributed by atoms with Gasteiger partial charge in [0.1, 0.15) is 17.8 Å². The minimum atomic E-state index is -0.652. The van der Waals surface area contributed by atoms with Gasteiger partial charge >= 0.3 is 6.03 Å². The molecule has 6 aromatic rings. The van der Waals surface area contributed by atoms with Gasteiger partial charge < -0.3 is 24.6 Å². The number of hydrogen-bond donors (Lipinski definition) is 3.